The zero-order chi connectivity index (χ0) is 16.1. The Morgan fingerprint density at radius 2 is 2.23 bits per heavy atom. The van der Waals surface area contributed by atoms with E-state index in [0.717, 1.165) is 5.57 Å². The molecule has 2 heterocycles. The second-order valence-electron chi connectivity index (χ2n) is 6.39. The first kappa shape index (κ1) is 15.0. The van der Waals surface area contributed by atoms with Gasteiger partial charge in [-0.25, -0.2) is 4.79 Å². The summed E-state index contributed by atoms with van der Waals surface area (Å²) in [5.41, 5.74) is 0.939. The molecule has 1 aliphatic carbocycles. The van der Waals surface area contributed by atoms with E-state index in [9.17, 15) is 9.59 Å². The summed E-state index contributed by atoms with van der Waals surface area (Å²) in [6.45, 7) is 9.12. The normalized spacial score (nSPS) is 40.2. The van der Waals surface area contributed by atoms with E-state index in [1.165, 1.54) is 6.92 Å². The minimum absolute atomic E-state index is 0.00301. The van der Waals surface area contributed by atoms with Gasteiger partial charge in [0.25, 0.3) is 0 Å². The number of carbonyl (C=O) groups is 2. The third kappa shape index (κ3) is 2.61. The molecular formula is C17H20O5. The quantitative estimate of drug-likeness (QED) is 0.421. The van der Waals surface area contributed by atoms with Crippen LogP contribution in [-0.4, -0.2) is 35.9 Å². The Morgan fingerprint density at radius 3 is 2.91 bits per heavy atom. The van der Waals surface area contributed by atoms with E-state index in [2.05, 4.69) is 6.58 Å². The first-order valence-electron chi connectivity index (χ1n) is 7.41. The van der Waals surface area contributed by atoms with Gasteiger partial charge >= 0.3 is 11.9 Å². The molecule has 0 amide bonds. The molecule has 0 aromatic carbocycles. The fourth-order valence-electron chi connectivity index (χ4n) is 3.25. The van der Waals surface area contributed by atoms with E-state index >= 15 is 0 Å². The maximum atomic E-state index is 11.9. The Bertz CT molecular complexity index is 602. The number of carbonyl (C=O) groups excluding carboxylic acids is 2. The summed E-state index contributed by atoms with van der Waals surface area (Å²) in [4.78, 5) is 23.4. The van der Waals surface area contributed by atoms with Gasteiger partial charge in [0.05, 0.1) is 11.5 Å². The molecule has 5 atom stereocenters. The van der Waals surface area contributed by atoms with E-state index in [0.29, 0.717) is 12.0 Å². The molecule has 0 saturated carbocycles. The van der Waals surface area contributed by atoms with Crippen LogP contribution in [0.1, 0.15) is 27.2 Å². The van der Waals surface area contributed by atoms with E-state index in [4.69, 9.17) is 14.2 Å². The van der Waals surface area contributed by atoms with Gasteiger partial charge in [-0.2, -0.15) is 0 Å². The Balaban J connectivity index is 1.99. The standard InChI is InChI=1S/C17H20O5/c1-9-5-6-14-17(4,22-14)8-13(20-11(3)18)15-10(2)16(19)21-12(15)7-9/h5-7,12-15H,2,8H2,1,3-4H3. The fourth-order valence-corrected chi connectivity index (χ4v) is 3.25. The third-order valence-corrected chi connectivity index (χ3v) is 4.49. The van der Waals surface area contributed by atoms with E-state index in [1.54, 1.807) is 0 Å². The van der Waals surface area contributed by atoms with Crippen molar-refractivity contribution in [3.63, 3.8) is 0 Å². The average molecular weight is 304 g/mol. The topological polar surface area (TPSA) is 65.1 Å². The van der Waals surface area contributed by atoms with Crippen molar-refractivity contribution in [3.05, 3.63) is 36.0 Å². The van der Waals surface area contributed by atoms with Crippen LogP contribution in [0.2, 0.25) is 0 Å². The predicted octanol–water partition coefficient (Wildman–Crippen LogP) is 2.08. The molecule has 5 heteroatoms. The highest BCUT2D eigenvalue weighted by Gasteiger charge is 2.55. The second-order valence-corrected chi connectivity index (χ2v) is 6.39. The Hall–Kier alpha value is -1.88. The molecule has 0 radical (unpaired) electrons. The monoisotopic (exact) mass is 304 g/mol. The number of hydrogen-bond donors (Lipinski definition) is 0. The Labute approximate surface area is 129 Å². The van der Waals surface area contributed by atoms with Crippen LogP contribution >= 0.6 is 0 Å². The van der Waals surface area contributed by atoms with Crippen molar-refractivity contribution in [3.8, 4) is 0 Å². The SMILES string of the molecule is C=C1C(=O)OC2C=C(C)C=CC3OC3(C)CC(OC(C)=O)C12. The van der Waals surface area contributed by atoms with Gasteiger partial charge in [0.1, 0.15) is 18.3 Å². The third-order valence-electron chi connectivity index (χ3n) is 4.49. The number of rotatable bonds is 1. The maximum Gasteiger partial charge on any atom is 0.334 e. The molecule has 118 valence electrons. The lowest BCUT2D eigenvalue weighted by molar-refractivity contribution is -0.150. The van der Waals surface area contributed by atoms with Gasteiger partial charge in [0, 0.05) is 18.9 Å². The molecule has 3 rings (SSSR count). The molecule has 2 saturated heterocycles. The molecule has 0 bridgehead atoms. The fraction of sp³-hybridized carbons (Fsp3) is 0.529. The number of hydrogen-bond acceptors (Lipinski definition) is 5. The predicted molar refractivity (Wildman–Crippen MR) is 78.9 cm³/mol. The van der Waals surface area contributed by atoms with Gasteiger partial charge in [0.2, 0.25) is 0 Å². The Morgan fingerprint density at radius 1 is 1.50 bits per heavy atom. The molecule has 0 aromatic heterocycles. The summed E-state index contributed by atoms with van der Waals surface area (Å²) >= 11 is 0. The average Bonchev–Trinajstić information content (AvgIpc) is 2.95. The minimum atomic E-state index is -0.494. The van der Waals surface area contributed by atoms with Crippen LogP contribution in [0.5, 0.6) is 0 Å². The van der Waals surface area contributed by atoms with Crippen molar-refractivity contribution >= 4 is 11.9 Å². The number of epoxide rings is 1. The number of allylic oxidation sites excluding steroid dienone is 2. The lowest BCUT2D eigenvalue weighted by atomic mass is 9.83. The van der Waals surface area contributed by atoms with Gasteiger partial charge in [-0.05, 0) is 19.9 Å². The molecule has 2 fully saturated rings. The van der Waals surface area contributed by atoms with E-state index < -0.39 is 18.2 Å². The van der Waals surface area contributed by atoms with Crippen LogP contribution in [0.4, 0.5) is 0 Å². The van der Waals surface area contributed by atoms with Crippen molar-refractivity contribution in [1.82, 2.24) is 0 Å². The highest BCUT2D eigenvalue weighted by molar-refractivity contribution is 5.91. The number of fused-ring (bicyclic) bond motifs is 2. The maximum absolute atomic E-state index is 11.9. The van der Waals surface area contributed by atoms with Gasteiger partial charge in [-0.1, -0.05) is 24.3 Å². The summed E-state index contributed by atoms with van der Waals surface area (Å²) < 4.78 is 16.6. The smallest absolute Gasteiger partial charge is 0.334 e. The number of ether oxygens (including phenoxy) is 3. The van der Waals surface area contributed by atoms with E-state index in [-0.39, 0.29) is 23.6 Å². The summed E-state index contributed by atoms with van der Waals surface area (Å²) in [7, 11) is 0. The highest BCUT2D eigenvalue weighted by atomic mass is 16.6. The van der Waals surface area contributed by atoms with Crippen LogP contribution < -0.4 is 0 Å². The molecule has 22 heavy (non-hydrogen) atoms. The molecule has 0 spiro atoms. The highest BCUT2D eigenvalue weighted by Crippen LogP contribution is 2.46. The van der Waals surface area contributed by atoms with Crippen LogP contribution in [0.3, 0.4) is 0 Å². The first-order chi connectivity index (χ1) is 10.3. The minimum Gasteiger partial charge on any atom is -0.462 e. The summed E-state index contributed by atoms with van der Waals surface area (Å²) in [6, 6.07) is 0. The van der Waals surface area contributed by atoms with Gasteiger partial charge in [-0.15, -0.1) is 0 Å². The first-order valence-corrected chi connectivity index (χ1v) is 7.41. The van der Waals surface area contributed by atoms with E-state index in [1.807, 2.05) is 32.1 Å². The van der Waals surface area contributed by atoms with Gasteiger partial charge in [0.15, 0.2) is 0 Å². The van der Waals surface area contributed by atoms with Gasteiger partial charge < -0.3 is 14.2 Å². The molecular weight excluding hydrogens is 284 g/mol. The van der Waals surface area contributed by atoms with Crippen molar-refractivity contribution in [2.75, 3.05) is 0 Å². The van der Waals surface area contributed by atoms with Crippen molar-refractivity contribution in [2.45, 2.75) is 51.1 Å². The summed E-state index contributed by atoms with van der Waals surface area (Å²) in [6.07, 6.45) is 5.37. The Kier molecular flexibility index (Phi) is 3.48. The van der Waals surface area contributed by atoms with Crippen molar-refractivity contribution in [1.29, 1.82) is 0 Å². The molecule has 0 N–H and O–H groups in total. The molecule has 3 aliphatic rings. The van der Waals surface area contributed by atoms with Gasteiger partial charge in [-0.3, -0.25) is 4.79 Å². The largest absolute Gasteiger partial charge is 0.462 e. The zero-order valence-corrected chi connectivity index (χ0v) is 13.0. The van der Waals surface area contributed by atoms with Crippen LogP contribution in [0.15, 0.2) is 36.0 Å². The van der Waals surface area contributed by atoms with Crippen LogP contribution in [0.25, 0.3) is 0 Å². The zero-order valence-electron chi connectivity index (χ0n) is 13.0. The number of esters is 2. The van der Waals surface area contributed by atoms with Crippen molar-refractivity contribution in [2.24, 2.45) is 5.92 Å². The summed E-state index contributed by atoms with van der Waals surface area (Å²) in [5, 5.41) is 0. The molecule has 5 nitrogen and oxygen atoms in total. The second kappa shape index (κ2) is 5.09. The van der Waals surface area contributed by atoms with Crippen molar-refractivity contribution < 1.29 is 23.8 Å². The molecule has 5 unspecified atom stereocenters. The molecule has 2 aliphatic heterocycles. The lowest BCUT2D eigenvalue weighted by Gasteiger charge is -2.27. The van der Waals surface area contributed by atoms with Crippen LogP contribution in [-0.2, 0) is 23.8 Å². The lowest BCUT2D eigenvalue weighted by Crippen LogP contribution is -2.36. The molecule has 0 aromatic rings. The van der Waals surface area contributed by atoms with Crippen LogP contribution in [0, 0.1) is 5.92 Å². The summed E-state index contributed by atoms with van der Waals surface area (Å²) in [5.74, 6) is -1.19.